The molecule has 2 heterocycles. The predicted octanol–water partition coefficient (Wildman–Crippen LogP) is 2.86. The standard InChI is InChI=1S/C14H21ClN2O/c1-2-13(18)12-5-3-4-8-17(12)10-11-6-7-16-14(15)9-11/h6-7,9,12-13,18H,2-5,8,10H2,1H3. The lowest BCUT2D eigenvalue weighted by atomic mass is 9.95. The highest BCUT2D eigenvalue weighted by Gasteiger charge is 2.27. The van der Waals surface area contributed by atoms with Gasteiger partial charge in [0.05, 0.1) is 6.10 Å². The van der Waals surface area contributed by atoms with Gasteiger partial charge in [-0.05, 0) is 43.5 Å². The van der Waals surface area contributed by atoms with Crippen LogP contribution in [-0.2, 0) is 6.54 Å². The molecule has 1 aliphatic rings. The SMILES string of the molecule is CCC(O)C1CCCCN1Cc1ccnc(Cl)c1. The number of hydrogen-bond donors (Lipinski definition) is 1. The average molecular weight is 269 g/mol. The van der Waals surface area contributed by atoms with Gasteiger partial charge >= 0.3 is 0 Å². The Bertz CT molecular complexity index is 386. The molecule has 18 heavy (non-hydrogen) atoms. The topological polar surface area (TPSA) is 36.4 Å². The molecule has 0 bridgehead atoms. The van der Waals surface area contributed by atoms with E-state index in [1.165, 1.54) is 18.4 Å². The van der Waals surface area contributed by atoms with Crippen LogP contribution in [0.15, 0.2) is 18.3 Å². The van der Waals surface area contributed by atoms with E-state index in [9.17, 15) is 5.11 Å². The fraction of sp³-hybridized carbons (Fsp3) is 0.643. The van der Waals surface area contributed by atoms with Gasteiger partial charge in [-0.1, -0.05) is 24.9 Å². The minimum absolute atomic E-state index is 0.220. The van der Waals surface area contributed by atoms with Crippen molar-refractivity contribution < 1.29 is 5.11 Å². The molecule has 0 aromatic carbocycles. The first kappa shape index (κ1) is 13.8. The van der Waals surface area contributed by atoms with E-state index >= 15 is 0 Å². The molecular formula is C14H21ClN2O. The summed E-state index contributed by atoms with van der Waals surface area (Å²) < 4.78 is 0. The van der Waals surface area contributed by atoms with Crippen LogP contribution in [0.5, 0.6) is 0 Å². The number of likely N-dealkylation sites (tertiary alicyclic amines) is 1. The first-order valence-corrected chi connectivity index (χ1v) is 7.11. The summed E-state index contributed by atoms with van der Waals surface area (Å²) in [5.41, 5.74) is 1.17. The summed E-state index contributed by atoms with van der Waals surface area (Å²) in [6.07, 6.45) is 5.86. The summed E-state index contributed by atoms with van der Waals surface area (Å²) in [5.74, 6) is 0. The highest BCUT2D eigenvalue weighted by Crippen LogP contribution is 2.23. The van der Waals surface area contributed by atoms with Gasteiger partial charge in [0, 0.05) is 18.8 Å². The third kappa shape index (κ3) is 3.44. The van der Waals surface area contributed by atoms with Gasteiger partial charge in [0.15, 0.2) is 0 Å². The molecule has 2 atom stereocenters. The number of aliphatic hydroxyl groups excluding tert-OH is 1. The van der Waals surface area contributed by atoms with Crippen molar-refractivity contribution >= 4 is 11.6 Å². The van der Waals surface area contributed by atoms with Crippen LogP contribution in [0.4, 0.5) is 0 Å². The first-order chi connectivity index (χ1) is 8.70. The van der Waals surface area contributed by atoms with E-state index in [1.54, 1.807) is 6.20 Å². The molecule has 100 valence electrons. The van der Waals surface area contributed by atoms with Crippen LogP contribution in [0.1, 0.15) is 38.2 Å². The van der Waals surface area contributed by atoms with Crippen LogP contribution < -0.4 is 0 Å². The third-order valence-corrected chi connectivity index (χ3v) is 3.91. The van der Waals surface area contributed by atoms with Gasteiger partial charge in [-0.3, -0.25) is 4.90 Å². The number of nitrogens with zero attached hydrogens (tertiary/aromatic N) is 2. The lowest BCUT2D eigenvalue weighted by Crippen LogP contribution is -2.46. The molecule has 0 spiro atoms. The molecule has 1 aliphatic heterocycles. The fourth-order valence-electron chi connectivity index (χ4n) is 2.70. The number of pyridine rings is 1. The Kier molecular flexibility index (Phi) is 4.98. The van der Waals surface area contributed by atoms with Gasteiger partial charge in [-0.2, -0.15) is 0 Å². The van der Waals surface area contributed by atoms with E-state index in [4.69, 9.17) is 11.6 Å². The molecule has 0 saturated carbocycles. The summed E-state index contributed by atoms with van der Waals surface area (Å²) in [4.78, 5) is 6.38. The van der Waals surface area contributed by atoms with Gasteiger partial charge < -0.3 is 5.11 Å². The zero-order valence-corrected chi connectivity index (χ0v) is 11.6. The minimum Gasteiger partial charge on any atom is -0.392 e. The number of halogens is 1. The van der Waals surface area contributed by atoms with Crippen LogP contribution in [0.25, 0.3) is 0 Å². The summed E-state index contributed by atoms with van der Waals surface area (Å²) in [6.45, 7) is 3.95. The van der Waals surface area contributed by atoms with E-state index in [1.807, 2.05) is 19.1 Å². The maximum Gasteiger partial charge on any atom is 0.129 e. The molecule has 0 amide bonds. The van der Waals surface area contributed by atoms with E-state index in [2.05, 4.69) is 9.88 Å². The Morgan fingerprint density at radius 3 is 3.11 bits per heavy atom. The van der Waals surface area contributed by atoms with Gasteiger partial charge in [-0.25, -0.2) is 4.98 Å². The molecule has 2 rings (SSSR count). The zero-order chi connectivity index (χ0) is 13.0. The van der Waals surface area contributed by atoms with Crippen LogP contribution >= 0.6 is 11.6 Å². The lowest BCUT2D eigenvalue weighted by Gasteiger charge is -2.38. The fourth-order valence-corrected chi connectivity index (χ4v) is 2.89. The molecule has 0 aliphatic carbocycles. The van der Waals surface area contributed by atoms with Crippen LogP contribution in [-0.4, -0.2) is 33.7 Å². The lowest BCUT2D eigenvalue weighted by molar-refractivity contribution is 0.0195. The highest BCUT2D eigenvalue weighted by molar-refractivity contribution is 6.29. The smallest absolute Gasteiger partial charge is 0.129 e. The summed E-state index contributed by atoms with van der Waals surface area (Å²) >= 11 is 5.91. The van der Waals surface area contributed by atoms with Crippen molar-refractivity contribution in [2.75, 3.05) is 6.54 Å². The Balaban J connectivity index is 2.05. The van der Waals surface area contributed by atoms with E-state index in [0.717, 1.165) is 25.9 Å². The normalized spacial score (nSPS) is 22.9. The first-order valence-electron chi connectivity index (χ1n) is 6.73. The largest absolute Gasteiger partial charge is 0.392 e. The van der Waals surface area contributed by atoms with Crippen molar-refractivity contribution in [1.29, 1.82) is 0 Å². The molecule has 1 fully saturated rings. The number of rotatable bonds is 4. The number of aliphatic hydroxyl groups is 1. The second-order valence-electron chi connectivity index (χ2n) is 5.00. The van der Waals surface area contributed by atoms with Crippen molar-refractivity contribution in [2.24, 2.45) is 0 Å². The summed E-state index contributed by atoms with van der Waals surface area (Å²) in [5, 5.41) is 10.6. The second kappa shape index (κ2) is 6.50. The van der Waals surface area contributed by atoms with Crippen molar-refractivity contribution in [1.82, 2.24) is 9.88 Å². The minimum atomic E-state index is -0.220. The average Bonchev–Trinajstić information content (AvgIpc) is 2.38. The predicted molar refractivity (Wildman–Crippen MR) is 73.6 cm³/mol. The molecule has 3 nitrogen and oxygen atoms in total. The molecule has 0 radical (unpaired) electrons. The molecule has 4 heteroatoms. The summed E-state index contributed by atoms with van der Waals surface area (Å²) in [6, 6.07) is 4.19. The third-order valence-electron chi connectivity index (χ3n) is 3.70. The number of hydrogen-bond acceptors (Lipinski definition) is 3. The number of piperidine rings is 1. The highest BCUT2D eigenvalue weighted by atomic mass is 35.5. The second-order valence-corrected chi connectivity index (χ2v) is 5.38. The van der Waals surface area contributed by atoms with E-state index in [0.29, 0.717) is 5.15 Å². The van der Waals surface area contributed by atoms with Gasteiger partial charge in [0.1, 0.15) is 5.15 Å². The molecule has 1 saturated heterocycles. The van der Waals surface area contributed by atoms with Crippen LogP contribution in [0.3, 0.4) is 0 Å². The van der Waals surface area contributed by atoms with Gasteiger partial charge in [0.25, 0.3) is 0 Å². The quantitative estimate of drug-likeness (QED) is 0.853. The van der Waals surface area contributed by atoms with Gasteiger partial charge in [0.2, 0.25) is 0 Å². The van der Waals surface area contributed by atoms with Crippen molar-refractivity contribution in [3.63, 3.8) is 0 Å². The molecule has 1 aromatic rings. The molecule has 2 unspecified atom stereocenters. The molecule has 1 aromatic heterocycles. The van der Waals surface area contributed by atoms with Crippen LogP contribution in [0.2, 0.25) is 5.15 Å². The molecular weight excluding hydrogens is 248 g/mol. The Morgan fingerprint density at radius 1 is 1.56 bits per heavy atom. The van der Waals surface area contributed by atoms with Gasteiger partial charge in [-0.15, -0.1) is 0 Å². The zero-order valence-electron chi connectivity index (χ0n) is 10.8. The number of aromatic nitrogens is 1. The van der Waals surface area contributed by atoms with E-state index in [-0.39, 0.29) is 12.1 Å². The van der Waals surface area contributed by atoms with E-state index < -0.39 is 0 Å². The van der Waals surface area contributed by atoms with Crippen LogP contribution in [0, 0.1) is 0 Å². The summed E-state index contributed by atoms with van der Waals surface area (Å²) in [7, 11) is 0. The maximum atomic E-state index is 10.1. The Morgan fingerprint density at radius 2 is 2.39 bits per heavy atom. The maximum absolute atomic E-state index is 10.1. The Hall–Kier alpha value is -0.640. The molecule has 1 N–H and O–H groups in total. The Labute approximate surface area is 114 Å². The van der Waals surface area contributed by atoms with Crippen molar-refractivity contribution in [2.45, 2.75) is 51.3 Å². The van der Waals surface area contributed by atoms with Crippen molar-refractivity contribution in [3.05, 3.63) is 29.0 Å². The van der Waals surface area contributed by atoms with Crippen molar-refractivity contribution in [3.8, 4) is 0 Å². The monoisotopic (exact) mass is 268 g/mol.